The Morgan fingerprint density at radius 1 is 1.33 bits per heavy atom. The number of hydrogen-bond acceptors (Lipinski definition) is 6. The predicted octanol–water partition coefficient (Wildman–Crippen LogP) is 1.04. The van der Waals surface area contributed by atoms with E-state index < -0.39 is 40.4 Å². The zero-order valence-corrected chi connectivity index (χ0v) is 11.3. The summed E-state index contributed by atoms with van der Waals surface area (Å²) in [6.45, 7) is 6.05. The molecule has 0 aromatic rings. The fraction of sp³-hybridized carbons (Fsp3) is 0.909. The predicted molar refractivity (Wildman–Crippen MR) is 64.2 cm³/mol. The molecule has 0 bridgehead atoms. The van der Waals surface area contributed by atoms with Crippen molar-refractivity contribution in [1.82, 2.24) is 5.06 Å². The third-order valence-electron chi connectivity index (χ3n) is 3.92. The van der Waals surface area contributed by atoms with Crippen LogP contribution in [0.2, 0.25) is 0 Å². The summed E-state index contributed by atoms with van der Waals surface area (Å²) in [4.78, 5) is 22.1. The second-order valence-electron chi connectivity index (χ2n) is 5.72. The number of hydroxylamine groups is 2. The molecule has 1 aliphatic heterocycles. The minimum Gasteiger partial charge on any atom is -0.784 e. The van der Waals surface area contributed by atoms with E-state index in [4.69, 9.17) is 4.74 Å². The zero-order valence-electron chi connectivity index (χ0n) is 11.3. The molecule has 0 N–H and O–H groups in total. The molecule has 2 atom stereocenters. The van der Waals surface area contributed by atoms with Crippen molar-refractivity contribution in [3.05, 3.63) is 15.3 Å². The summed E-state index contributed by atoms with van der Waals surface area (Å²) in [6, 6.07) is 0. The van der Waals surface area contributed by atoms with Gasteiger partial charge in [0.05, 0.1) is 18.9 Å². The van der Waals surface area contributed by atoms with Crippen LogP contribution in [-0.4, -0.2) is 40.7 Å². The number of rotatable bonds is 3. The summed E-state index contributed by atoms with van der Waals surface area (Å²) in [5.41, 5.74) is -1.99. The van der Waals surface area contributed by atoms with Crippen molar-refractivity contribution in [2.24, 2.45) is 11.8 Å². The Kier molecular flexibility index (Phi) is 3.69. The summed E-state index contributed by atoms with van der Waals surface area (Å²) in [5.74, 6) is -2.05. The van der Waals surface area contributed by atoms with Gasteiger partial charge in [-0.3, -0.25) is 14.9 Å². The van der Waals surface area contributed by atoms with Crippen molar-refractivity contribution in [1.29, 1.82) is 0 Å². The maximum atomic E-state index is 12.3. The van der Waals surface area contributed by atoms with Gasteiger partial charge < -0.3 is 15.0 Å². The van der Waals surface area contributed by atoms with Crippen molar-refractivity contribution in [3.8, 4) is 0 Å². The van der Waals surface area contributed by atoms with Crippen LogP contribution in [0.1, 0.15) is 27.7 Å². The van der Waals surface area contributed by atoms with Crippen molar-refractivity contribution in [3.63, 3.8) is 0 Å². The summed E-state index contributed by atoms with van der Waals surface area (Å²) < 4.78 is 4.70. The molecular formula is C11H19N2O5-. The van der Waals surface area contributed by atoms with Gasteiger partial charge in [-0.15, -0.1) is 0 Å². The van der Waals surface area contributed by atoms with Gasteiger partial charge in [0, 0.05) is 16.0 Å². The fourth-order valence-corrected chi connectivity index (χ4v) is 2.99. The van der Waals surface area contributed by atoms with Crippen LogP contribution >= 0.6 is 0 Å². The molecular weight excluding hydrogens is 240 g/mol. The molecule has 2 unspecified atom stereocenters. The van der Waals surface area contributed by atoms with E-state index in [2.05, 4.69) is 0 Å². The van der Waals surface area contributed by atoms with Gasteiger partial charge >= 0.3 is 5.97 Å². The lowest BCUT2D eigenvalue weighted by molar-refractivity contribution is -0.491. The van der Waals surface area contributed by atoms with Gasteiger partial charge in [0.15, 0.2) is 0 Å². The highest BCUT2D eigenvalue weighted by Crippen LogP contribution is 2.49. The Morgan fingerprint density at radius 2 is 1.83 bits per heavy atom. The van der Waals surface area contributed by atoms with Crippen LogP contribution in [0.5, 0.6) is 0 Å². The van der Waals surface area contributed by atoms with E-state index >= 15 is 0 Å². The minimum atomic E-state index is -1.02. The van der Waals surface area contributed by atoms with Gasteiger partial charge in [0.2, 0.25) is 6.54 Å². The first-order valence-corrected chi connectivity index (χ1v) is 5.74. The molecule has 0 saturated carbocycles. The average Bonchev–Trinajstić information content (AvgIpc) is 2.36. The van der Waals surface area contributed by atoms with Gasteiger partial charge in [-0.1, -0.05) is 0 Å². The first-order chi connectivity index (χ1) is 8.06. The van der Waals surface area contributed by atoms with Crippen LogP contribution in [0.25, 0.3) is 0 Å². The van der Waals surface area contributed by atoms with E-state index in [-0.39, 0.29) is 0 Å². The first kappa shape index (κ1) is 14.8. The molecule has 1 saturated heterocycles. The summed E-state index contributed by atoms with van der Waals surface area (Å²) in [5, 5.41) is 23.8. The number of nitrogens with zero attached hydrogens (tertiary/aromatic N) is 2. The molecule has 1 rings (SSSR count). The highest BCUT2D eigenvalue weighted by molar-refractivity contribution is 5.75. The third kappa shape index (κ3) is 2.08. The maximum absolute atomic E-state index is 12.3. The number of methoxy groups -OCH3 is 1. The van der Waals surface area contributed by atoms with Crippen molar-refractivity contribution < 1.29 is 14.5 Å². The lowest BCUT2D eigenvalue weighted by Crippen LogP contribution is -2.47. The number of carbonyl (C=O) groups is 1. The molecule has 1 aliphatic rings. The topological polar surface area (TPSA) is 95.7 Å². The summed E-state index contributed by atoms with van der Waals surface area (Å²) >= 11 is 0. The first-order valence-electron chi connectivity index (χ1n) is 5.74. The number of esters is 1. The van der Waals surface area contributed by atoms with Crippen LogP contribution in [0.3, 0.4) is 0 Å². The van der Waals surface area contributed by atoms with Crippen molar-refractivity contribution in [2.75, 3.05) is 13.7 Å². The standard InChI is InChI=1S/C11H19N2O5/c1-10(2)7(6-12(15)16)8(9(14)18-5)11(3,4)13(10)17/h7-8H,6H2,1-5H3/q-1. The Labute approximate surface area is 106 Å². The molecule has 0 aromatic heterocycles. The normalized spacial score (nSPS) is 30.1. The van der Waals surface area contributed by atoms with E-state index in [1.165, 1.54) is 7.11 Å². The molecule has 1 fully saturated rings. The summed E-state index contributed by atoms with van der Waals surface area (Å²) in [7, 11) is 1.22. The molecule has 104 valence electrons. The second kappa shape index (κ2) is 4.47. The Morgan fingerprint density at radius 3 is 2.22 bits per heavy atom. The molecule has 0 radical (unpaired) electrons. The number of carbonyl (C=O) groups excluding carboxylic acids is 1. The Hall–Kier alpha value is -1.21. The summed E-state index contributed by atoms with van der Waals surface area (Å²) in [6.07, 6.45) is 0. The van der Waals surface area contributed by atoms with Crippen LogP contribution in [-0.2, 0) is 9.53 Å². The number of nitro groups is 1. The van der Waals surface area contributed by atoms with Crippen LogP contribution in [0.4, 0.5) is 0 Å². The average molecular weight is 259 g/mol. The largest absolute Gasteiger partial charge is 0.784 e. The quantitative estimate of drug-likeness (QED) is 0.427. The molecule has 0 amide bonds. The van der Waals surface area contributed by atoms with Crippen LogP contribution < -0.4 is 0 Å². The number of ether oxygens (including phenoxy) is 1. The molecule has 0 aromatic carbocycles. The van der Waals surface area contributed by atoms with E-state index in [1.807, 2.05) is 0 Å². The molecule has 0 aliphatic carbocycles. The van der Waals surface area contributed by atoms with Gasteiger partial charge in [-0.25, -0.2) is 0 Å². The van der Waals surface area contributed by atoms with Crippen LogP contribution in [0, 0.1) is 27.2 Å². The van der Waals surface area contributed by atoms with E-state index in [0.717, 1.165) is 5.06 Å². The van der Waals surface area contributed by atoms with E-state index in [9.17, 15) is 20.1 Å². The van der Waals surface area contributed by atoms with Gasteiger partial charge in [0.1, 0.15) is 0 Å². The molecule has 18 heavy (non-hydrogen) atoms. The lowest BCUT2D eigenvalue weighted by atomic mass is 9.77. The molecule has 7 heteroatoms. The smallest absolute Gasteiger partial charge is 0.311 e. The monoisotopic (exact) mass is 259 g/mol. The highest BCUT2D eigenvalue weighted by Gasteiger charge is 2.59. The third-order valence-corrected chi connectivity index (χ3v) is 3.92. The maximum Gasteiger partial charge on any atom is 0.311 e. The Bertz CT molecular complexity index is 366. The zero-order chi connectivity index (χ0) is 14.3. The van der Waals surface area contributed by atoms with Crippen molar-refractivity contribution >= 4 is 5.97 Å². The molecule has 7 nitrogen and oxygen atoms in total. The van der Waals surface area contributed by atoms with Gasteiger partial charge in [-0.2, -0.15) is 0 Å². The van der Waals surface area contributed by atoms with E-state index in [0.29, 0.717) is 0 Å². The molecule has 0 spiro atoms. The van der Waals surface area contributed by atoms with Crippen LogP contribution in [0.15, 0.2) is 0 Å². The van der Waals surface area contributed by atoms with Crippen molar-refractivity contribution in [2.45, 2.75) is 38.8 Å². The van der Waals surface area contributed by atoms with E-state index in [1.54, 1.807) is 27.7 Å². The SMILES string of the molecule is COC(=O)C1C(C[N+](=O)[O-])C(C)(C)N([O-])C1(C)C. The second-order valence-corrected chi connectivity index (χ2v) is 5.72. The minimum absolute atomic E-state index is 0.422. The highest BCUT2D eigenvalue weighted by atomic mass is 16.6. The lowest BCUT2D eigenvalue weighted by Gasteiger charge is -2.47. The van der Waals surface area contributed by atoms with Gasteiger partial charge in [0.25, 0.3) is 0 Å². The Balaban J connectivity index is 3.23. The fourth-order valence-electron chi connectivity index (χ4n) is 2.99. The van der Waals surface area contributed by atoms with Gasteiger partial charge in [-0.05, 0) is 27.7 Å². The molecule has 1 heterocycles. The number of hydrogen-bond donors (Lipinski definition) is 0.